The van der Waals surface area contributed by atoms with Gasteiger partial charge in [0, 0.05) is 10.7 Å². The average molecular weight is 332 g/mol. The predicted molar refractivity (Wildman–Crippen MR) is 80.7 cm³/mol. The van der Waals surface area contributed by atoms with E-state index >= 15 is 0 Å². The summed E-state index contributed by atoms with van der Waals surface area (Å²) >= 11 is 11.6. The van der Waals surface area contributed by atoms with Gasteiger partial charge in [0.05, 0.1) is 16.8 Å². The molecule has 2 rings (SSSR count). The number of anilines is 2. The largest absolute Gasteiger partial charge is 0.398 e. The third-order valence-electron chi connectivity index (χ3n) is 2.65. The van der Waals surface area contributed by atoms with Gasteiger partial charge in [-0.05, 0) is 36.8 Å². The van der Waals surface area contributed by atoms with E-state index in [1.54, 1.807) is 6.92 Å². The summed E-state index contributed by atoms with van der Waals surface area (Å²) in [5, 5.41) is 0.565. The first-order valence-corrected chi connectivity index (χ1v) is 7.73. The maximum atomic E-state index is 12.2. The lowest BCUT2D eigenvalue weighted by atomic mass is 10.2. The number of benzene rings is 1. The Morgan fingerprint density at radius 2 is 1.95 bits per heavy atom. The van der Waals surface area contributed by atoms with E-state index in [1.165, 1.54) is 30.5 Å². The van der Waals surface area contributed by atoms with Crippen LogP contribution in [0.15, 0.2) is 35.4 Å². The molecule has 3 N–H and O–H groups in total. The van der Waals surface area contributed by atoms with E-state index in [9.17, 15) is 8.42 Å². The number of rotatable bonds is 3. The second-order valence-electron chi connectivity index (χ2n) is 4.09. The first-order valence-electron chi connectivity index (χ1n) is 5.49. The number of hydrogen-bond acceptors (Lipinski definition) is 4. The van der Waals surface area contributed by atoms with Crippen molar-refractivity contribution in [2.24, 2.45) is 0 Å². The van der Waals surface area contributed by atoms with Gasteiger partial charge in [-0.2, -0.15) is 0 Å². The van der Waals surface area contributed by atoms with Crippen LogP contribution < -0.4 is 10.5 Å². The molecule has 2 aromatic rings. The molecule has 0 bridgehead atoms. The van der Waals surface area contributed by atoms with Gasteiger partial charge in [0.15, 0.2) is 0 Å². The van der Waals surface area contributed by atoms with Crippen LogP contribution in [0.25, 0.3) is 0 Å². The molecular weight excluding hydrogens is 321 g/mol. The molecule has 0 aliphatic heterocycles. The molecule has 0 saturated carbocycles. The van der Waals surface area contributed by atoms with E-state index in [4.69, 9.17) is 28.9 Å². The topological polar surface area (TPSA) is 85.1 Å². The number of pyridine rings is 1. The van der Waals surface area contributed by atoms with Crippen LogP contribution in [0.1, 0.15) is 5.56 Å². The van der Waals surface area contributed by atoms with Crippen LogP contribution in [0.2, 0.25) is 10.2 Å². The Bertz CT molecular complexity index is 723. The highest BCUT2D eigenvalue weighted by atomic mass is 35.5. The molecule has 0 saturated heterocycles. The Morgan fingerprint density at radius 1 is 1.25 bits per heavy atom. The normalized spacial score (nSPS) is 11.3. The van der Waals surface area contributed by atoms with E-state index in [2.05, 4.69) is 9.71 Å². The van der Waals surface area contributed by atoms with Crippen molar-refractivity contribution in [3.8, 4) is 0 Å². The molecule has 0 aliphatic rings. The highest BCUT2D eigenvalue weighted by Gasteiger charge is 2.17. The van der Waals surface area contributed by atoms with Crippen molar-refractivity contribution in [2.75, 3.05) is 10.5 Å². The summed E-state index contributed by atoms with van der Waals surface area (Å²) in [6, 6.07) is 5.69. The monoisotopic (exact) mass is 331 g/mol. The Labute approximate surface area is 126 Å². The molecule has 1 aromatic heterocycles. The maximum Gasteiger partial charge on any atom is 0.262 e. The predicted octanol–water partition coefficient (Wildman–Crippen LogP) is 3.08. The molecule has 106 valence electrons. The zero-order valence-corrected chi connectivity index (χ0v) is 12.7. The van der Waals surface area contributed by atoms with E-state index < -0.39 is 10.0 Å². The molecule has 0 aliphatic carbocycles. The fourth-order valence-corrected chi connectivity index (χ4v) is 2.99. The standard InChI is InChI=1S/C12H11Cl2N3O2S/c1-7-10(13)4-9(5-11(7)15)20(18,19)17-8-2-3-12(14)16-6-8/h2-6,17H,15H2,1H3. The lowest BCUT2D eigenvalue weighted by Gasteiger charge is -2.10. The highest BCUT2D eigenvalue weighted by Crippen LogP contribution is 2.27. The minimum absolute atomic E-state index is 0.0134. The molecule has 0 amide bonds. The Morgan fingerprint density at radius 3 is 2.50 bits per heavy atom. The van der Waals surface area contributed by atoms with Crippen molar-refractivity contribution in [1.82, 2.24) is 4.98 Å². The molecule has 20 heavy (non-hydrogen) atoms. The molecule has 0 atom stereocenters. The first kappa shape index (κ1) is 14.9. The van der Waals surface area contributed by atoms with Crippen LogP contribution in [0.4, 0.5) is 11.4 Å². The number of nitrogens with one attached hydrogen (secondary N) is 1. The number of hydrogen-bond donors (Lipinski definition) is 2. The highest BCUT2D eigenvalue weighted by molar-refractivity contribution is 7.92. The van der Waals surface area contributed by atoms with Crippen molar-refractivity contribution in [3.05, 3.63) is 46.2 Å². The summed E-state index contributed by atoms with van der Waals surface area (Å²) < 4.78 is 26.8. The maximum absolute atomic E-state index is 12.2. The molecular formula is C12H11Cl2N3O2S. The average Bonchev–Trinajstić information content (AvgIpc) is 2.38. The van der Waals surface area contributed by atoms with Crippen molar-refractivity contribution in [2.45, 2.75) is 11.8 Å². The zero-order chi connectivity index (χ0) is 14.9. The minimum atomic E-state index is -3.79. The van der Waals surface area contributed by atoms with Gasteiger partial charge in [0.1, 0.15) is 5.15 Å². The van der Waals surface area contributed by atoms with Gasteiger partial charge >= 0.3 is 0 Å². The van der Waals surface area contributed by atoms with Crippen LogP contribution in [-0.4, -0.2) is 13.4 Å². The Balaban J connectivity index is 2.38. The third kappa shape index (κ3) is 3.15. The summed E-state index contributed by atoms with van der Waals surface area (Å²) in [6.45, 7) is 1.71. The van der Waals surface area contributed by atoms with Gasteiger partial charge in [-0.3, -0.25) is 4.72 Å². The molecule has 5 nitrogen and oxygen atoms in total. The Kier molecular flexibility index (Phi) is 4.08. The molecule has 0 radical (unpaired) electrons. The van der Waals surface area contributed by atoms with Crippen molar-refractivity contribution >= 4 is 44.6 Å². The number of halogens is 2. The molecule has 0 unspecified atom stereocenters. The van der Waals surface area contributed by atoms with Gasteiger partial charge in [0.2, 0.25) is 0 Å². The van der Waals surface area contributed by atoms with Crippen LogP contribution in [0.3, 0.4) is 0 Å². The van der Waals surface area contributed by atoms with Crippen LogP contribution in [0.5, 0.6) is 0 Å². The fraction of sp³-hybridized carbons (Fsp3) is 0.0833. The summed E-state index contributed by atoms with van der Waals surface area (Å²) in [4.78, 5) is 3.78. The molecule has 1 aromatic carbocycles. The molecule has 1 heterocycles. The minimum Gasteiger partial charge on any atom is -0.398 e. The zero-order valence-electron chi connectivity index (χ0n) is 10.4. The lowest BCUT2D eigenvalue weighted by molar-refractivity contribution is 0.601. The van der Waals surface area contributed by atoms with Crippen LogP contribution in [-0.2, 0) is 10.0 Å². The summed E-state index contributed by atoms with van der Waals surface area (Å²) in [6.07, 6.45) is 1.32. The molecule has 0 spiro atoms. The van der Waals surface area contributed by atoms with Gasteiger partial charge in [-0.15, -0.1) is 0 Å². The van der Waals surface area contributed by atoms with E-state index in [-0.39, 0.29) is 10.0 Å². The number of sulfonamides is 1. The van der Waals surface area contributed by atoms with E-state index in [0.29, 0.717) is 22.0 Å². The van der Waals surface area contributed by atoms with Crippen molar-refractivity contribution < 1.29 is 8.42 Å². The summed E-state index contributed by atoms with van der Waals surface area (Å²) in [7, 11) is -3.79. The van der Waals surface area contributed by atoms with Crippen LogP contribution >= 0.6 is 23.2 Å². The SMILES string of the molecule is Cc1c(N)cc(S(=O)(=O)Nc2ccc(Cl)nc2)cc1Cl. The van der Waals surface area contributed by atoms with Gasteiger partial charge in [-0.25, -0.2) is 13.4 Å². The van der Waals surface area contributed by atoms with Gasteiger partial charge in [-0.1, -0.05) is 23.2 Å². The van der Waals surface area contributed by atoms with E-state index in [0.717, 1.165) is 0 Å². The van der Waals surface area contributed by atoms with Crippen molar-refractivity contribution in [3.63, 3.8) is 0 Å². The van der Waals surface area contributed by atoms with Crippen LogP contribution in [0, 0.1) is 6.92 Å². The summed E-state index contributed by atoms with van der Waals surface area (Å²) in [5.74, 6) is 0. The quantitative estimate of drug-likeness (QED) is 0.668. The summed E-state index contributed by atoms with van der Waals surface area (Å²) in [5.41, 5.74) is 6.97. The lowest BCUT2D eigenvalue weighted by Crippen LogP contribution is -2.13. The van der Waals surface area contributed by atoms with Gasteiger partial charge < -0.3 is 5.73 Å². The fourth-order valence-electron chi connectivity index (χ4n) is 1.48. The first-order chi connectivity index (χ1) is 9.29. The number of nitrogens with zero attached hydrogens (tertiary/aromatic N) is 1. The second kappa shape index (κ2) is 5.47. The number of nitrogen functional groups attached to an aromatic ring is 1. The Hall–Kier alpha value is -1.50. The number of nitrogens with two attached hydrogens (primary N) is 1. The second-order valence-corrected chi connectivity index (χ2v) is 6.57. The third-order valence-corrected chi connectivity index (χ3v) is 4.62. The molecule has 8 heteroatoms. The molecule has 0 fully saturated rings. The van der Waals surface area contributed by atoms with Crippen molar-refractivity contribution in [1.29, 1.82) is 0 Å². The van der Waals surface area contributed by atoms with E-state index in [1.807, 2.05) is 0 Å². The smallest absolute Gasteiger partial charge is 0.262 e. The number of aromatic nitrogens is 1. The van der Waals surface area contributed by atoms with Gasteiger partial charge in [0.25, 0.3) is 10.0 Å².